The molecule has 1 N–H and O–H groups in total. The number of halogens is 3. The average molecular weight is 228 g/mol. The summed E-state index contributed by atoms with van der Waals surface area (Å²) in [6, 6.07) is -0.991. The first-order valence-corrected chi connectivity index (χ1v) is 3.88. The molecule has 8 heteroatoms. The first-order chi connectivity index (χ1) is 6.63. The number of aliphatic carboxylic acids is 1. The van der Waals surface area contributed by atoms with Crippen LogP contribution in [0.4, 0.5) is 18.0 Å². The van der Waals surface area contributed by atoms with Gasteiger partial charge in [0.1, 0.15) is 13.1 Å². The van der Waals surface area contributed by atoms with E-state index >= 15 is 0 Å². The summed E-state index contributed by atoms with van der Waals surface area (Å²) in [4.78, 5) is 22.4. The van der Waals surface area contributed by atoms with E-state index in [0.29, 0.717) is 9.80 Å². The summed E-state index contributed by atoms with van der Waals surface area (Å²) in [5.41, 5.74) is 0. The third kappa shape index (κ3) is 5.76. The van der Waals surface area contributed by atoms with Crippen LogP contribution in [-0.4, -0.2) is 60.3 Å². The molecule has 0 bridgehead atoms. The number of carbonyl (C=O) groups excluding carboxylic acids is 1. The normalized spacial score (nSPS) is 11.0. The van der Waals surface area contributed by atoms with E-state index in [0.717, 1.165) is 14.1 Å². The van der Waals surface area contributed by atoms with E-state index in [9.17, 15) is 22.8 Å². The molecule has 0 radical (unpaired) electrons. The fourth-order valence-electron chi connectivity index (χ4n) is 0.898. The molecule has 0 saturated heterocycles. The molecule has 0 rings (SSSR count). The van der Waals surface area contributed by atoms with Gasteiger partial charge in [-0.1, -0.05) is 0 Å². The Kier molecular flexibility index (Phi) is 4.38. The molecular weight excluding hydrogens is 217 g/mol. The van der Waals surface area contributed by atoms with Crippen molar-refractivity contribution >= 4 is 12.0 Å². The Morgan fingerprint density at radius 3 is 2.00 bits per heavy atom. The van der Waals surface area contributed by atoms with Crippen LogP contribution in [0.25, 0.3) is 0 Å². The molecule has 88 valence electrons. The summed E-state index contributed by atoms with van der Waals surface area (Å²) in [5.74, 6) is -1.29. The van der Waals surface area contributed by atoms with E-state index in [4.69, 9.17) is 5.11 Å². The quantitative estimate of drug-likeness (QED) is 0.770. The van der Waals surface area contributed by atoms with Gasteiger partial charge in [-0.25, -0.2) is 4.79 Å². The van der Waals surface area contributed by atoms with Gasteiger partial charge in [-0.05, 0) is 0 Å². The highest BCUT2D eigenvalue weighted by molar-refractivity contribution is 5.79. The van der Waals surface area contributed by atoms with Crippen molar-refractivity contribution in [2.75, 3.05) is 27.2 Å². The summed E-state index contributed by atoms with van der Waals surface area (Å²) < 4.78 is 35.6. The van der Waals surface area contributed by atoms with Crippen LogP contribution in [-0.2, 0) is 4.79 Å². The van der Waals surface area contributed by atoms with Crippen molar-refractivity contribution in [3.05, 3.63) is 0 Å². The lowest BCUT2D eigenvalue weighted by Gasteiger charge is -2.24. The zero-order valence-electron chi connectivity index (χ0n) is 8.21. The number of hydrogen-bond acceptors (Lipinski definition) is 2. The van der Waals surface area contributed by atoms with E-state index in [-0.39, 0.29) is 0 Å². The van der Waals surface area contributed by atoms with Crippen LogP contribution in [0.1, 0.15) is 0 Å². The lowest BCUT2D eigenvalue weighted by Crippen LogP contribution is -2.44. The fourth-order valence-corrected chi connectivity index (χ4v) is 0.898. The third-order valence-electron chi connectivity index (χ3n) is 1.44. The summed E-state index contributed by atoms with van der Waals surface area (Å²) in [6.45, 7) is -2.04. The molecule has 5 nitrogen and oxygen atoms in total. The van der Waals surface area contributed by atoms with Crippen LogP contribution in [0.3, 0.4) is 0 Å². The maximum Gasteiger partial charge on any atom is 0.406 e. The molecule has 0 aliphatic rings. The molecule has 0 fully saturated rings. The lowest BCUT2D eigenvalue weighted by molar-refractivity contribution is -0.139. The monoisotopic (exact) mass is 228 g/mol. The molecule has 0 aliphatic heterocycles. The van der Waals surface area contributed by atoms with Crippen molar-refractivity contribution in [3.63, 3.8) is 0 Å². The van der Waals surface area contributed by atoms with Crippen LogP contribution in [0.5, 0.6) is 0 Å². The van der Waals surface area contributed by atoms with Gasteiger partial charge in [-0.15, -0.1) is 0 Å². The molecular formula is C7H11F3N2O3. The van der Waals surface area contributed by atoms with Crippen molar-refractivity contribution in [3.8, 4) is 0 Å². The number of amides is 2. The maximum absolute atomic E-state index is 11.9. The molecule has 0 aliphatic carbocycles. The van der Waals surface area contributed by atoms with E-state index in [2.05, 4.69) is 0 Å². The molecule has 0 unspecified atom stereocenters. The van der Waals surface area contributed by atoms with E-state index in [1.54, 1.807) is 0 Å². The number of nitrogens with zero attached hydrogens (tertiary/aromatic N) is 2. The van der Waals surface area contributed by atoms with E-state index in [1.165, 1.54) is 0 Å². The minimum atomic E-state index is -4.49. The smallest absolute Gasteiger partial charge is 0.406 e. The van der Waals surface area contributed by atoms with Gasteiger partial charge in [0.15, 0.2) is 0 Å². The average Bonchev–Trinajstić information content (AvgIpc) is 1.98. The first-order valence-electron chi connectivity index (χ1n) is 3.88. The Morgan fingerprint density at radius 2 is 1.67 bits per heavy atom. The van der Waals surface area contributed by atoms with Crippen LogP contribution >= 0.6 is 0 Å². The zero-order chi connectivity index (χ0) is 12.2. The number of carbonyl (C=O) groups is 2. The van der Waals surface area contributed by atoms with Gasteiger partial charge < -0.3 is 14.9 Å². The standard InChI is InChI=1S/C7H11F3N2O3/c1-11(3-5(13)14)6(15)12(2)4-7(8,9)10/h3-4H2,1-2H3,(H,13,14). The Balaban J connectivity index is 4.26. The number of carboxylic acids is 1. The predicted molar refractivity (Wildman–Crippen MR) is 44.3 cm³/mol. The van der Waals surface area contributed by atoms with Gasteiger partial charge in [0.25, 0.3) is 0 Å². The Hall–Kier alpha value is -1.47. The van der Waals surface area contributed by atoms with Crippen molar-refractivity contribution in [2.24, 2.45) is 0 Å². The second-order valence-electron chi connectivity index (χ2n) is 3.00. The molecule has 2 amide bonds. The first kappa shape index (κ1) is 13.5. The summed E-state index contributed by atoms with van der Waals surface area (Å²) in [7, 11) is 2.07. The van der Waals surface area contributed by atoms with Crippen LogP contribution in [0, 0.1) is 0 Å². The lowest BCUT2D eigenvalue weighted by atomic mass is 10.5. The molecule has 0 aromatic rings. The molecule has 0 spiro atoms. The summed E-state index contributed by atoms with van der Waals surface area (Å²) in [5, 5.41) is 8.31. The Morgan fingerprint density at radius 1 is 1.20 bits per heavy atom. The van der Waals surface area contributed by atoms with Gasteiger partial charge >= 0.3 is 18.2 Å². The minimum Gasteiger partial charge on any atom is -0.480 e. The number of alkyl halides is 3. The Bertz CT molecular complexity index is 254. The predicted octanol–water partition coefficient (Wildman–Crippen LogP) is 0.617. The van der Waals surface area contributed by atoms with Crippen molar-refractivity contribution in [2.45, 2.75) is 6.18 Å². The highest BCUT2D eigenvalue weighted by atomic mass is 19.4. The van der Waals surface area contributed by atoms with Gasteiger partial charge in [0, 0.05) is 14.1 Å². The highest BCUT2D eigenvalue weighted by Gasteiger charge is 2.32. The van der Waals surface area contributed by atoms with E-state index in [1.807, 2.05) is 0 Å². The van der Waals surface area contributed by atoms with Crippen LogP contribution in [0.15, 0.2) is 0 Å². The molecule has 0 aromatic carbocycles. The molecule has 0 saturated carbocycles. The van der Waals surface area contributed by atoms with Crippen molar-refractivity contribution < 1.29 is 27.9 Å². The molecule has 0 atom stereocenters. The second-order valence-corrected chi connectivity index (χ2v) is 3.00. The number of urea groups is 1. The van der Waals surface area contributed by atoms with Gasteiger partial charge in [-0.2, -0.15) is 13.2 Å². The van der Waals surface area contributed by atoms with Crippen molar-refractivity contribution in [1.82, 2.24) is 9.80 Å². The van der Waals surface area contributed by atoms with Gasteiger partial charge in [0.05, 0.1) is 0 Å². The summed E-state index contributed by atoms with van der Waals surface area (Å²) in [6.07, 6.45) is -4.49. The largest absolute Gasteiger partial charge is 0.480 e. The zero-order valence-corrected chi connectivity index (χ0v) is 8.21. The highest BCUT2D eigenvalue weighted by Crippen LogP contribution is 2.15. The SMILES string of the molecule is CN(CC(=O)O)C(=O)N(C)CC(F)(F)F. The van der Waals surface area contributed by atoms with Crippen LogP contribution in [0.2, 0.25) is 0 Å². The number of likely N-dealkylation sites (N-methyl/N-ethyl adjacent to an activating group) is 1. The molecule has 0 heterocycles. The maximum atomic E-state index is 11.9. The molecule has 0 aromatic heterocycles. The number of hydrogen-bond donors (Lipinski definition) is 1. The topological polar surface area (TPSA) is 60.9 Å². The Labute approximate surface area is 84.1 Å². The summed E-state index contributed by atoms with van der Waals surface area (Å²) >= 11 is 0. The van der Waals surface area contributed by atoms with E-state index < -0.39 is 31.3 Å². The minimum absolute atomic E-state index is 0.406. The second kappa shape index (κ2) is 4.85. The van der Waals surface area contributed by atoms with Crippen LogP contribution < -0.4 is 0 Å². The van der Waals surface area contributed by atoms with Gasteiger partial charge in [-0.3, -0.25) is 4.79 Å². The molecule has 15 heavy (non-hydrogen) atoms. The number of rotatable bonds is 3. The van der Waals surface area contributed by atoms with Gasteiger partial charge in [0.2, 0.25) is 0 Å². The third-order valence-corrected chi connectivity index (χ3v) is 1.44. The fraction of sp³-hybridized carbons (Fsp3) is 0.714. The number of carboxylic acid groups (broad SMARTS) is 1. The van der Waals surface area contributed by atoms with Crippen molar-refractivity contribution in [1.29, 1.82) is 0 Å².